The number of benzene rings is 2. The van der Waals surface area contributed by atoms with Crippen molar-refractivity contribution in [3.8, 4) is 11.1 Å². The van der Waals surface area contributed by atoms with Crippen LogP contribution in [0.25, 0.3) is 11.1 Å². The highest BCUT2D eigenvalue weighted by Gasteiger charge is 2.40. The Bertz CT molecular complexity index is 605. The number of rotatable bonds is 5. The van der Waals surface area contributed by atoms with Gasteiger partial charge in [-0.3, -0.25) is 0 Å². The van der Waals surface area contributed by atoms with Gasteiger partial charge in [0.25, 0.3) is 0 Å². The summed E-state index contributed by atoms with van der Waals surface area (Å²) in [5.41, 5.74) is 0.977. The maximum absolute atomic E-state index is 13.8. The first kappa shape index (κ1) is 15.8. The fourth-order valence-electron chi connectivity index (χ4n) is 2.18. The monoisotopic (exact) mass is 310 g/mol. The lowest BCUT2D eigenvalue weighted by Gasteiger charge is -2.24. The molecule has 0 saturated heterocycles. The van der Waals surface area contributed by atoms with Crippen LogP contribution < -0.4 is 5.19 Å². The van der Waals surface area contributed by atoms with Gasteiger partial charge in [-0.25, -0.2) is 8.78 Å². The van der Waals surface area contributed by atoms with Crippen LogP contribution in [0.4, 0.5) is 8.78 Å². The van der Waals surface area contributed by atoms with Crippen LogP contribution in [0.1, 0.15) is 0 Å². The Labute approximate surface area is 123 Å². The van der Waals surface area contributed by atoms with Gasteiger partial charge in [0.2, 0.25) is 0 Å². The maximum atomic E-state index is 13.8. The molecule has 0 aromatic heterocycles. The smallest absolute Gasteiger partial charge is 0.373 e. The molecule has 0 spiro atoms. The summed E-state index contributed by atoms with van der Waals surface area (Å²) in [4.78, 5) is 0. The molecular formula is C15H16F2O3Si. The van der Waals surface area contributed by atoms with Crippen LogP contribution >= 0.6 is 0 Å². The Morgan fingerprint density at radius 3 is 1.86 bits per heavy atom. The zero-order chi connectivity index (χ0) is 15.5. The molecule has 2 aromatic rings. The van der Waals surface area contributed by atoms with Crippen molar-refractivity contribution in [3.05, 3.63) is 54.1 Å². The standard InChI is InChI=1S/C15H16F2O3Si/c1-18-21(19-2,20-3)13-7-4-11(5-8-13)14-9-6-12(16)10-15(14)17/h4-10H,1-3H3. The molecule has 6 heteroatoms. The highest BCUT2D eigenvalue weighted by Crippen LogP contribution is 2.23. The molecule has 0 bridgehead atoms. The van der Waals surface area contributed by atoms with Crippen LogP contribution in [0.15, 0.2) is 42.5 Å². The van der Waals surface area contributed by atoms with Gasteiger partial charge in [-0.1, -0.05) is 24.3 Å². The number of hydrogen-bond donors (Lipinski definition) is 0. The van der Waals surface area contributed by atoms with Crippen LogP contribution in [-0.4, -0.2) is 30.1 Å². The molecule has 0 aliphatic carbocycles. The molecule has 21 heavy (non-hydrogen) atoms. The summed E-state index contributed by atoms with van der Waals surface area (Å²) in [5, 5.41) is 0.765. The van der Waals surface area contributed by atoms with Crippen molar-refractivity contribution in [2.75, 3.05) is 21.3 Å². The predicted molar refractivity (Wildman–Crippen MR) is 78.2 cm³/mol. The lowest BCUT2D eigenvalue weighted by Crippen LogP contribution is -2.54. The van der Waals surface area contributed by atoms with E-state index in [0.717, 1.165) is 11.3 Å². The van der Waals surface area contributed by atoms with Gasteiger partial charge >= 0.3 is 8.80 Å². The quantitative estimate of drug-likeness (QED) is 0.795. The molecule has 0 heterocycles. The van der Waals surface area contributed by atoms with Gasteiger partial charge in [0.05, 0.1) is 0 Å². The van der Waals surface area contributed by atoms with E-state index in [1.165, 1.54) is 33.5 Å². The molecule has 2 rings (SSSR count). The zero-order valence-corrected chi connectivity index (χ0v) is 13.0. The van der Waals surface area contributed by atoms with Crippen LogP contribution in [0.3, 0.4) is 0 Å². The molecule has 3 nitrogen and oxygen atoms in total. The summed E-state index contributed by atoms with van der Waals surface area (Å²) in [6.45, 7) is 0. The van der Waals surface area contributed by atoms with E-state index >= 15 is 0 Å². The number of hydrogen-bond acceptors (Lipinski definition) is 3. The molecule has 112 valence electrons. The lowest BCUT2D eigenvalue weighted by atomic mass is 10.1. The average Bonchev–Trinajstić information content (AvgIpc) is 2.50. The van der Waals surface area contributed by atoms with Gasteiger partial charge in [0, 0.05) is 38.1 Å². The Morgan fingerprint density at radius 2 is 1.38 bits per heavy atom. The fraction of sp³-hybridized carbons (Fsp3) is 0.200. The molecule has 0 unspecified atom stereocenters. The zero-order valence-electron chi connectivity index (χ0n) is 12.0. The summed E-state index contributed by atoms with van der Waals surface area (Å²) in [6.07, 6.45) is 0. The van der Waals surface area contributed by atoms with Crippen LogP contribution in [0, 0.1) is 11.6 Å². The van der Waals surface area contributed by atoms with E-state index in [1.807, 2.05) is 0 Å². The van der Waals surface area contributed by atoms with Gasteiger partial charge in [-0.05, 0) is 17.7 Å². The lowest BCUT2D eigenvalue weighted by molar-refractivity contribution is 0.140. The van der Waals surface area contributed by atoms with Crippen molar-refractivity contribution in [1.29, 1.82) is 0 Å². The summed E-state index contributed by atoms with van der Waals surface area (Å²) < 4.78 is 42.8. The second-order valence-corrected chi connectivity index (χ2v) is 7.28. The van der Waals surface area contributed by atoms with Crippen molar-refractivity contribution in [3.63, 3.8) is 0 Å². The first-order chi connectivity index (χ1) is 10.1. The molecule has 0 radical (unpaired) electrons. The van der Waals surface area contributed by atoms with E-state index < -0.39 is 20.4 Å². The van der Waals surface area contributed by atoms with Crippen LogP contribution in [0.5, 0.6) is 0 Å². The van der Waals surface area contributed by atoms with E-state index in [9.17, 15) is 8.78 Å². The van der Waals surface area contributed by atoms with E-state index in [2.05, 4.69) is 0 Å². The van der Waals surface area contributed by atoms with Gasteiger partial charge in [-0.15, -0.1) is 0 Å². The first-order valence-corrected chi connectivity index (χ1v) is 8.00. The minimum atomic E-state index is -2.89. The first-order valence-electron chi connectivity index (χ1n) is 6.27. The molecule has 0 fully saturated rings. The third-order valence-electron chi connectivity index (χ3n) is 3.29. The van der Waals surface area contributed by atoms with Crippen molar-refractivity contribution < 1.29 is 22.1 Å². The third kappa shape index (κ3) is 3.03. The van der Waals surface area contributed by atoms with Gasteiger partial charge < -0.3 is 13.3 Å². The highest BCUT2D eigenvalue weighted by atomic mass is 28.4. The molecule has 0 aliphatic rings. The minimum absolute atomic E-state index is 0.336. The number of halogens is 2. The largest absolute Gasteiger partial charge is 0.536 e. The Hall–Kier alpha value is -1.60. The maximum Gasteiger partial charge on any atom is 0.536 e. The molecular weight excluding hydrogens is 294 g/mol. The van der Waals surface area contributed by atoms with E-state index in [1.54, 1.807) is 24.3 Å². The summed E-state index contributed by atoms with van der Waals surface area (Å²) >= 11 is 0. The molecule has 0 amide bonds. The van der Waals surface area contributed by atoms with Gasteiger partial charge in [-0.2, -0.15) is 0 Å². The Balaban J connectivity index is 2.39. The van der Waals surface area contributed by atoms with Crippen molar-refractivity contribution >= 4 is 14.0 Å². The summed E-state index contributed by atoms with van der Waals surface area (Å²) in [7, 11) is 1.67. The Morgan fingerprint density at radius 1 is 0.810 bits per heavy atom. The average molecular weight is 310 g/mol. The van der Waals surface area contributed by atoms with Crippen LogP contribution in [-0.2, 0) is 13.3 Å². The van der Waals surface area contributed by atoms with E-state index in [0.29, 0.717) is 11.1 Å². The molecule has 0 saturated carbocycles. The molecule has 0 N–H and O–H groups in total. The minimum Gasteiger partial charge on any atom is -0.373 e. The summed E-state index contributed by atoms with van der Waals surface area (Å²) in [5.74, 6) is -1.20. The normalized spacial score (nSPS) is 11.7. The predicted octanol–water partition coefficient (Wildman–Crippen LogP) is 2.72. The van der Waals surface area contributed by atoms with Crippen molar-refractivity contribution in [1.82, 2.24) is 0 Å². The topological polar surface area (TPSA) is 27.7 Å². The van der Waals surface area contributed by atoms with E-state index in [4.69, 9.17) is 13.3 Å². The van der Waals surface area contributed by atoms with Gasteiger partial charge in [0.1, 0.15) is 11.6 Å². The third-order valence-corrected chi connectivity index (χ3v) is 5.94. The SMILES string of the molecule is CO[Si](OC)(OC)c1ccc(-c2ccc(F)cc2F)cc1. The second kappa shape index (κ2) is 6.44. The second-order valence-electron chi connectivity index (χ2n) is 4.37. The molecule has 2 aromatic carbocycles. The molecule has 0 atom stereocenters. The fourth-order valence-corrected chi connectivity index (χ4v) is 3.96. The van der Waals surface area contributed by atoms with Crippen molar-refractivity contribution in [2.45, 2.75) is 0 Å². The van der Waals surface area contributed by atoms with Crippen molar-refractivity contribution in [2.24, 2.45) is 0 Å². The van der Waals surface area contributed by atoms with E-state index in [-0.39, 0.29) is 0 Å². The summed E-state index contributed by atoms with van der Waals surface area (Å²) in [6, 6.07) is 10.5. The highest BCUT2D eigenvalue weighted by molar-refractivity contribution is 6.75. The Kier molecular flexibility index (Phi) is 4.84. The molecule has 0 aliphatic heterocycles. The van der Waals surface area contributed by atoms with Crippen LogP contribution in [0.2, 0.25) is 0 Å². The van der Waals surface area contributed by atoms with Gasteiger partial charge in [0.15, 0.2) is 0 Å².